The summed E-state index contributed by atoms with van der Waals surface area (Å²) in [7, 11) is 0. The summed E-state index contributed by atoms with van der Waals surface area (Å²) in [6.45, 7) is 5.68. The molecule has 1 atom stereocenters. The van der Waals surface area contributed by atoms with Crippen LogP contribution in [0.2, 0.25) is 0 Å². The number of amides is 2. The van der Waals surface area contributed by atoms with Crippen LogP contribution in [-0.2, 0) is 9.59 Å². The first-order valence-corrected chi connectivity index (χ1v) is 8.41. The Morgan fingerprint density at radius 2 is 1.87 bits per heavy atom. The third-order valence-corrected chi connectivity index (χ3v) is 4.94. The normalized spacial score (nSPS) is 22.4. The monoisotopic (exact) mass is 316 g/mol. The van der Waals surface area contributed by atoms with Crippen LogP contribution in [0, 0.1) is 6.92 Å². The minimum Gasteiger partial charge on any atom is -0.341 e. The van der Waals surface area contributed by atoms with Crippen molar-refractivity contribution in [1.82, 2.24) is 19.8 Å². The van der Waals surface area contributed by atoms with Gasteiger partial charge in [0, 0.05) is 44.9 Å². The maximum Gasteiger partial charge on any atom is 0.245 e. The second kappa shape index (κ2) is 6.64. The summed E-state index contributed by atoms with van der Waals surface area (Å²) in [5, 5.41) is 0. The zero-order valence-electron chi connectivity index (χ0n) is 13.9. The number of carbonyl (C=O) groups excluding carboxylic acids is 2. The van der Waals surface area contributed by atoms with Crippen molar-refractivity contribution in [3.8, 4) is 0 Å². The molecule has 6 heteroatoms. The number of carbonyl (C=O) groups is 2. The van der Waals surface area contributed by atoms with Crippen molar-refractivity contribution in [1.29, 1.82) is 0 Å². The molecule has 2 aliphatic heterocycles. The SMILES string of the molecule is CC(=O)N1CCC[C@@H]1C(=O)N1CCC(c2cncc(C)n2)CC1. The van der Waals surface area contributed by atoms with Crippen molar-refractivity contribution in [2.45, 2.75) is 51.5 Å². The molecule has 1 aromatic heterocycles. The highest BCUT2D eigenvalue weighted by atomic mass is 16.2. The first-order valence-electron chi connectivity index (χ1n) is 8.41. The molecule has 1 aromatic rings. The highest BCUT2D eigenvalue weighted by molar-refractivity contribution is 5.87. The lowest BCUT2D eigenvalue weighted by Gasteiger charge is -2.35. The van der Waals surface area contributed by atoms with Gasteiger partial charge in [0.15, 0.2) is 0 Å². The maximum atomic E-state index is 12.7. The molecule has 0 aliphatic carbocycles. The van der Waals surface area contributed by atoms with E-state index in [-0.39, 0.29) is 17.9 Å². The fourth-order valence-electron chi connectivity index (χ4n) is 3.69. The molecule has 2 saturated heterocycles. The molecule has 0 spiro atoms. The van der Waals surface area contributed by atoms with Crippen molar-refractivity contribution in [2.75, 3.05) is 19.6 Å². The van der Waals surface area contributed by atoms with Gasteiger partial charge in [0.25, 0.3) is 0 Å². The van der Waals surface area contributed by atoms with Gasteiger partial charge < -0.3 is 9.80 Å². The van der Waals surface area contributed by atoms with Crippen molar-refractivity contribution >= 4 is 11.8 Å². The Kier molecular flexibility index (Phi) is 4.59. The van der Waals surface area contributed by atoms with Crippen molar-refractivity contribution < 1.29 is 9.59 Å². The van der Waals surface area contributed by atoms with E-state index in [9.17, 15) is 9.59 Å². The number of hydrogen-bond donors (Lipinski definition) is 0. The smallest absolute Gasteiger partial charge is 0.245 e. The quantitative estimate of drug-likeness (QED) is 0.829. The van der Waals surface area contributed by atoms with E-state index in [1.54, 1.807) is 18.0 Å². The lowest BCUT2D eigenvalue weighted by Crippen LogP contribution is -2.49. The van der Waals surface area contributed by atoms with Crippen LogP contribution >= 0.6 is 0 Å². The molecule has 0 radical (unpaired) electrons. The summed E-state index contributed by atoms with van der Waals surface area (Å²) in [6, 6.07) is -0.247. The van der Waals surface area contributed by atoms with Crippen LogP contribution in [0.3, 0.4) is 0 Å². The third kappa shape index (κ3) is 3.35. The molecule has 0 bridgehead atoms. The number of hydrogen-bond acceptors (Lipinski definition) is 4. The molecule has 0 unspecified atom stereocenters. The van der Waals surface area contributed by atoms with Gasteiger partial charge in [-0.25, -0.2) is 0 Å². The summed E-state index contributed by atoms with van der Waals surface area (Å²) >= 11 is 0. The molecule has 0 saturated carbocycles. The fraction of sp³-hybridized carbons (Fsp3) is 0.647. The van der Waals surface area contributed by atoms with Gasteiger partial charge in [0.2, 0.25) is 11.8 Å². The topological polar surface area (TPSA) is 66.4 Å². The molecule has 3 heterocycles. The highest BCUT2D eigenvalue weighted by Gasteiger charge is 2.36. The summed E-state index contributed by atoms with van der Waals surface area (Å²) in [5.41, 5.74) is 1.97. The van der Waals surface area contributed by atoms with Crippen LogP contribution in [-0.4, -0.2) is 57.3 Å². The number of aromatic nitrogens is 2. The first kappa shape index (κ1) is 15.9. The molecule has 23 heavy (non-hydrogen) atoms. The number of rotatable bonds is 2. The third-order valence-electron chi connectivity index (χ3n) is 4.94. The zero-order chi connectivity index (χ0) is 16.4. The Labute approximate surface area is 136 Å². The predicted octanol–water partition coefficient (Wildman–Crippen LogP) is 1.50. The number of nitrogens with zero attached hydrogens (tertiary/aromatic N) is 4. The first-order chi connectivity index (χ1) is 11.1. The van der Waals surface area contributed by atoms with Gasteiger partial charge in [-0.15, -0.1) is 0 Å². The van der Waals surface area contributed by atoms with Crippen LogP contribution in [0.25, 0.3) is 0 Å². The fourth-order valence-corrected chi connectivity index (χ4v) is 3.69. The molecule has 0 aromatic carbocycles. The van der Waals surface area contributed by atoms with Gasteiger partial charge in [0.05, 0.1) is 11.4 Å². The minimum absolute atomic E-state index is 0.00534. The van der Waals surface area contributed by atoms with E-state index in [2.05, 4.69) is 9.97 Å². The lowest BCUT2D eigenvalue weighted by atomic mass is 9.93. The Hall–Kier alpha value is -1.98. The molecule has 2 amide bonds. The standard InChI is InChI=1S/C17H24N4O2/c1-12-10-18-11-15(19-12)14-5-8-20(9-6-14)17(23)16-4-3-7-21(16)13(2)22/h10-11,14,16H,3-9H2,1-2H3/t16-/m1/s1. The maximum absolute atomic E-state index is 12.7. The summed E-state index contributed by atoms with van der Waals surface area (Å²) in [5.74, 6) is 0.496. The molecule has 3 rings (SSSR count). The van der Waals surface area contributed by atoms with Gasteiger partial charge in [-0.05, 0) is 32.6 Å². The minimum atomic E-state index is -0.247. The van der Waals surface area contributed by atoms with E-state index in [1.807, 2.05) is 18.0 Å². The van der Waals surface area contributed by atoms with Gasteiger partial charge in [0.1, 0.15) is 6.04 Å². The highest BCUT2D eigenvalue weighted by Crippen LogP contribution is 2.28. The molecule has 2 fully saturated rings. The van der Waals surface area contributed by atoms with Crippen LogP contribution in [0.5, 0.6) is 0 Å². The van der Waals surface area contributed by atoms with E-state index in [0.717, 1.165) is 50.2 Å². The molecule has 6 nitrogen and oxygen atoms in total. The Morgan fingerprint density at radius 1 is 1.13 bits per heavy atom. The molecule has 2 aliphatic rings. The van der Waals surface area contributed by atoms with Gasteiger partial charge in [-0.3, -0.25) is 19.6 Å². The van der Waals surface area contributed by atoms with Crippen LogP contribution < -0.4 is 0 Å². The average molecular weight is 316 g/mol. The lowest BCUT2D eigenvalue weighted by molar-refractivity contribution is -0.143. The largest absolute Gasteiger partial charge is 0.341 e. The van der Waals surface area contributed by atoms with E-state index in [0.29, 0.717) is 12.5 Å². The zero-order valence-corrected chi connectivity index (χ0v) is 13.9. The van der Waals surface area contributed by atoms with Gasteiger partial charge >= 0.3 is 0 Å². The van der Waals surface area contributed by atoms with E-state index >= 15 is 0 Å². The molecule has 0 N–H and O–H groups in total. The molecular weight excluding hydrogens is 292 g/mol. The van der Waals surface area contributed by atoms with Gasteiger partial charge in [-0.1, -0.05) is 0 Å². The summed E-state index contributed by atoms with van der Waals surface area (Å²) in [4.78, 5) is 36.8. The molecule has 124 valence electrons. The van der Waals surface area contributed by atoms with Crippen molar-refractivity contribution in [3.63, 3.8) is 0 Å². The Morgan fingerprint density at radius 3 is 2.52 bits per heavy atom. The Balaban J connectivity index is 1.60. The van der Waals surface area contributed by atoms with E-state index < -0.39 is 0 Å². The number of likely N-dealkylation sites (tertiary alicyclic amines) is 2. The van der Waals surface area contributed by atoms with E-state index in [1.165, 1.54) is 0 Å². The predicted molar refractivity (Wildman–Crippen MR) is 85.7 cm³/mol. The van der Waals surface area contributed by atoms with Crippen LogP contribution in [0.15, 0.2) is 12.4 Å². The average Bonchev–Trinajstić information content (AvgIpc) is 3.04. The van der Waals surface area contributed by atoms with Crippen LogP contribution in [0.4, 0.5) is 0 Å². The Bertz CT molecular complexity index is 596. The van der Waals surface area contributed by atoms with Crippen molar-refractivity contribution in [3.05, 3.63) is 23.8 Å². The van der Waals surface area contributed by atoms with Gasteiger partial charge in [-0.2, -0.15) is 0 Å². The molecular formula is C17H24N4O2. The second-order valence-corrected chi connectivity index (χ2v) is 6.56. The van der Waals surface area contributed by atoms with Crippen LogP contribution in [0.1, 0.15) is 49.9 Å². The van der Waals surface area contributed by atoms with E-state index in [4.69, 9.17) is 0 Å². The number of aryl methyl sites for hydroxylation is 1. The summed E-state index contributed by atoms with van der Waals surface area (Å²) < 4.78 is 0. The second-order valence-electron chi connectivity index (χ2n) is 6.56. The summed E-state index contributed by atoms with van der Waals surface area (Å²) in [6.07, 6.45) is 7.14. The number of piperidine rings is 1. The van der Waals surface area contributed by atoms with Crippen molar-refractivity contribution in [2.24, 2.45) is 0 Å².